The number of rotatable bonds is 9. The van der Waals surface area contributed by atoms with E-state index in [4.69, 9.17) is 9.47 Å². The molecule has 1 N–H and O–H groups in total. The lowest BCUT2D eigenvalue weighted by Crippen LogP contribution is -2.38. The normalized spacial score (nSPS) is 22.5. The summed E-state index contributed by atoms with van der Waals surface area (Å²) in [5, 5.41) is 3.02. The van der Waals surface area contributed by atoms with Crippen LogP contribution in [-0.4, -0.2) is 44.2 Å². The van der Waals surface area contributed by atoms with Crippen molar-refractivity contribution in [3.63, 3.8) is 0 Å². The number of hydrogen-bond donors (Lipinski definition) is 1. The zero-order valence-corrected chi connectivity index (χ0v) is 12.7. The molecule has 1 amide bonds. The molecule has 20 heavy (non-hydrogen) atoms. The Morgan fingerprint density at radius 1 is 1.05 bits per heavy atom. The molecule has 0 aromatic heterocycles. The largest absolute Gasteiger partial charge is 0.379 e. The van der Waals surface area contributed by atoms with Crippen molar-refractivity contribution < 1.29 is 19.1 Å². The van der Waals surface area contributed by atoms with Crippen molar-refractivity contribution >= 4 is 11.7 Å². The van der Waals surface area contributed by atoms with Gasteiger partial charge >= 0.3 is 0 Å². The molecule has 1 saturated carbocycles. The molecule has 1 rings (SSSR count). The molecule has 0 bridgehead atoms. The predicted molar refractivity (Wildman–Crippen MR) is 76.5 cm³/mol. The molecule has 0 atom stereocenters. The van der Waals surface area contributed by atoms with Crippen LogP contribution in [0.25, 0.3) is 0 Å². The van der Waals surface area contributed by atoms with E-state index in [0.717, 1.165) is 25.7 Å². The lowest BCUT2D eigenvalue weighted by atomic mass is 9.84. The second-order valence-corrected chi connectivity index (χ2v) is 5.29. The van der Waals surface area contributed by atoms with E-state index in [2.05, 4.69) is 5.32 Å². The van der Waals surface area contributed by atoms with E-state index in [-0.39, 0.29) is 23.7 Å². The van der Waals surface area contributed by atoms with E-state index in [1.165, 1.54) is 0 Å². The van der Waals surface area contributed by atoms with Gasteiger partial charge in [0, 0.05) is 25.0 Å². The summed E-state index contributed by atoms with van der Waals surface area (Å²) in [6.45, 7) is 5.82. The molecule has 0 saturated heterocycles. The van der Waals surface area contributed by atoms with Gasteiger partial charge in [0.15, 0.2) is 0 Å². The van der Waals surface area contributed by atoms with Crippen molar-refractivity contribution in [2.45, 2.75) is 52.0 Å². The quantitative estimate of drug-likeness (QED) is 0.655. The fraction of sp³-hybridized carbons (Fsp3) is 0.867. The number of ketones is 1. The summed E-state index contributed by atoms with van der Waals surface area (Å²) in [4.78, 5) is 23.0. The van der Waals surface area contributed by atoms with Gasteiger partial charge in [-0.3, -0.25) is 9.59 Å². The number of carbonyl (C=O) groups is 2. The smallest absolute Gasteiger partial charge is 0.222 e. The van der Waals surface area contributed by atoms with Gasteiger partial charge in [0.05, 0.1) is 19.8 Å². The summed E-state index contributed by atoms with van der Waals surface area (Å²) in [5.74, 6) is 0.509. The van der Waals surface area contributed by atoms with Gasteiger partial charge in [0.2, 0.25) is 5.91 Å². The molecule has 0 aliphatic heterocycles. The van der Waals surface area contributed by atoms with E-state index in [9.17, 15) is 9.59 Å². The first kappa shape index (κ1) is 17.1. The molecule has 1 fully saturated rings. The maximum atomic E-state index is 11.7. The van der Waals surface area contributed by atoms with Crippen LogP contribution in [0.4, 0.5) is 0 Å². The van der Waals surface area contributed by atoms with E-state index in [1.54, 1.807) is 6.92 Å². The van der Waals surface area contributed by atoms with Gasteiger partial charge in [0.1, 0.15) is 5.78 Å². The zero-order chi connectivity index (χ0) is 14.8. The molecule has 0 unspecified atom stereocenters. The molecule has 0 radical (unpaired) electrons. The van der Waals surface area contributed by atoms with E-state index < -0.39 is 0 Å². The molecule has 5 nitrogen and oxygen atoms in total. The van der Waals surface area contributed by atoms with Gasteiger partial charge in [-0.15, -0.1) is 0 Å². The van der Waals surface area contributed by atoms with Crippen LogP contribution in [0.3, 0.4) is 0 Å². The average Bonchev–Trinajstić information content (AvgIpc) is 2.43. The first-order valence-electron chi connectivity index (χ1n) is 7.58. The summed E-state index contributed by atoms with van der Waals surface area (Å²) >= 11 is 0. The van der Waals surface area contributed by atoms with Gasteiger partial charge < -0.3 is 14.8 Å². The van der Waals surface area contributed by atoms with Crippen molar-refractivity contribution in [1.29, 1.82) is 0 Å². The summed E-state index contributed by atoms with van der Waals surface area (Å²) in [7, 11) is 0. The van der Waals surface area contributed by atoms with Crippen LogP contribution in [-0.2, 0) is 19.1 Å². The Morgan fingerprint density at radius 2 is 1.70 bits per heavy atom. The highest BCUT2D eigenvalue weighted by atomic mass is 16.5. The summed E-state index contributed by atoms with van der Waals surface area (Å²) in [6.07, 6.45) is 3.98. The first-order chi connectivity index (χ1) is 9.63. The second kappa shape index (κ2) is 9.88. The third-order valence-electron chi connectivity index (χ3n) is 3.72. The van der Waals surface area contributed by atoms with Crippen LogP contribution in [0.5, 0.6) is 0 Å². The lowest BCUT2D eigenvalue weighted by Gasteiger charge is -2.27. The van der Waals surface area contributed by atoms with E-state index in [0.29, 0.717) is 32.8 Å². The highest BCUT2D eigenvalue weighted by Crippen LogP contribution is 2.24. The third kappa shape index (κ3) is 7.01. The third-order valence-corrected chi connectivity index (χ3v) is 3.72. The van der Waals surface area contributed by atoms with Crippen LogP contribution < -0.4 is 5.32 Å². The number of hydrogen-bond acceptors (Lipinski definition) is 4. The molecule has 5 heteroatoms. The number of carbonyl (C=O) groups excluding carboxylic acids is 2. The standard InChI is InChI=1S/C15H27NO4/c1-3-19-10-11-20-9-8-15(18)16-14-6-4-13(5-7-14)12(2)17/h13-14H,3-11H2,1-2H3,(H,16,18). The molecule has 0 spiro atoms. The highest BCUT2D eigenvalue weighted by Gasteiger charge is 2.24. The molecule has 116 valence electrons. The Balaban J connectivity index is 2.04. The minimum absolute atomic E-state index is 0.0349. The topological polar surface area (TPSA) is 64.6 Å². The van der Waals surface area contributed by atoms with Crippen LogP contribution in [0.15, 0.2) is 0 Å². The van der Waals surface area contributed by atoms with Crippen molar-refractivity contribution in [3.05, 3.63) is 0 Å². The van der Waals surface area contributed by atoms with Gasteiger partial charge in [-0.05, 0) is 39.5 Å². The van der Waals surface area contributed by atoms with Crippen molar-refractivity contribution in [2.75, 3.05) is 26.4 Å². The van der Waals surface area contributed by atoms with Crippen LogP contribution in [0, 0.1) is 5.92 Å². The minimum Gasteiger partial charge on any atom is -0.379 e. The van der Waals surface area contributed by atoms with Gasteiger partial charge in [0.25, 0.3) is 0 Å². The molecular weight excluding hydrogens is 258 g/mol. The first-order valence-corrected chi connectivity index (χ1v) is 7.58. The van der Waals surface area contributed by atoms with Crippen LogP contribution in [0.2, 0.25) is 0 Å². The van der Waals surface area contributed by atoms with E-state index >= 15 is 0 Å². The Hall–Kier alpha value is -0.940. The maximum Gasteiger partial charge on any atom is 0.222 e. The van der Waals surface area contributed by atoms with Gasteiger partial charge in [-0.1, -0.05) is 0 Å². The average molecular weight is 285 g/mol. The van der Waals surface area contributed by atoms with Crippen molar-refractivity contribution in [2.24, 2.45) is 5.92 Å². The number of Topliss-reactive ketones (excluding diaryl/α,β-unsaturated/α-hetero) is 1. The second-order valence-electron chi connectivity index (χ2n) is 5.29. The number of amides is 1. The fourth-order valence-electron chi connectivity index (χ4n) is 2.47. The number of ether oxygens (including phenoxy) is 2. The summed E-state index contributed by atoms with van der Waals surface area (Å²) in [5.41, 5.74) is 0. The molecule has 0 heterocycles. The highest BCUT2D eigenvalue weighted by molar-refractivity contribution is 5.78. The summed E-state index contributed by atoms with van der Waals surface area (Å²) in [6, 6.07) is 0.224. The van der Waals surface area contributed by atoms with E-state index in [1.807, 2.05) is 6.92 Å². The van der Waals surface area contributed by atoms with Crippen molar-refractivity contribution in [3.8, 4) is 0 Å². The molecule has 1 aliphatic rings. The minimum atomic E-state index is 0.0349. The molecule has 0 aromatic carbocycles. The molecule has 1 aliphatic carbocycles. The van der Waals surface area contributed by atoms with Crippen LogP contribution in [0.1, 0.15) is 46.0 Å². The Morgan fingerprint density at radius 3 is 2.30 bits per heavy atom. The maximum absolute atomic E-state index is 11.7. The Labute approximate surface area is 121 Å². The molecular formula is C15H27NO4. The zero-order valence-electron chi connectivity index (χ0n) is 12.7. The monoisotopic (exact) mass is 285 g/mol. The predicted octanol–water partition coefficient (Wildman–Crippen LogP) is 1.69. The SMILES string of the molecule is CCOCCOCCC(=O)NC1CCC(C(C)=O)CC1. The fourth-order valence-corrected chi connectivity index (χ4v) is 2.47. The summed E-state index contributed by atoms with van der Waals surface area (Å²) < 4.78 is 10.5. The van der Waals surface area contributed by atoms with Gasteiger partial charge in [-0.2, -0.15) is 0 Å². The lowest BCUT2D eigenvalue weighted by molar-refractivity contribution is -0.123. The molecule has 0 aromatic rings. The Kier molecular flexibility index (Phi) is 8.46. The van der Waals surface area contributed by atoms with Gasteiger partial charge in [-0.25, -0.2) is 0 Å². The van der Waals surface area contributed by atoms with Crippen molar-refractivity contribution in [1.82, 2.24) is 5.32 Å². The number of nitrogens with one attached hydrogen (secondary N) is 1. The Bertz CT molecular complexity index is 298. The van der Waals surface area contributed by atoms with Crippen LogP contribution >= 0.6 is 0 Å².